The standard InChI is InChI=1S/C28H24N2O7/c1-2-12-35-28(34)18-7-5-17(6-8-18)15-30-24(20-4-3-11-29-14-20)23(26(32)27(30)33)25(31)19-9-10-21-22(13-19)37-16-36-21/h3-11,13-14,24,31H,2,12,15-16H2,1H3/b25-23-. The van der Waals surface area contributed by atoms with Crippen molar-refractivity contribution in [2.45, 2.75) is 25.9 Å². The second kappa shape index (κ2) is 10.1. The molecule has 0 bridgehead atoms. The van der Waals surface area contributed by atoms with Crippen LogP contribution in [0.4, 0.5) is 0 Å². The largest absolute Gasteiger partial charge is 0.507 e. The first kappa shape index (κ1) is 24.1. The summed E-state index contributed by atoms with van der Waals surface area (Å²) in [5.41, 5.74) is 1.95. The summed E-state index contributed by atoms with van der Waals surface area (Å²) >= 11 is 0. The molecule has 9 heteroatoms. The third kappa shape index (κ3) is 4.63. The summed E-state index contributed by atoms with van der Waals surface area (Å²) in [7, 11) is 0. The van der Waals surface area contributed by atoms with Crippen molar-refractivity contribution in [3.63, 3.8) is 0 Å². The molecule has 0 saturated carbocycles. The van der Waals surface area contributed by atoms with E-state index in [-0.39, 0.29) is 24.7 Å². The second-order valence-corrected chi connectivity index (χ2v) is 8.61. The molecule has 0 aliphatic carbocycles. The molecule has 3 aromatic rings. The Hall–Kier alpha value is -4.66. The number of fused-ring (bicyclic) bond motifs is 1. The second-order valence-electron chi connectivity index (χ2n) is 8.61. The Morgan fingerprint density at radius 3 is 2.57 bits per heavy atom. The average Bonchev–Trinajstić information content (AvgIpc) is 3.50. The van der Waals surface area contributed by atoms with Gasteiger partial charge in [-0.3, -0.25) is 14.6 Å². The number of carbonyl (C=O) groups is 3. The molecule has 188 valence electrons. The predicted octanol–water partition coefficient (Wildman–Crippen LogP) is 4.00. The number of nitrogens with zero attached hydrogens (tertiary/aromatic N) is 2. The molecule has 5 rings (SSSR count). The van der Waals surface area contributed by atoms with E-state index in [1.165, 1.54) is 4.90 Å². The number of rotatable bonds is 7. The molecule has 0 spiro atoms. The molecular formula is C28H24N2O7. The van der Waals surface area contributed by atoms with Crippen LogP contribution in [-0.4, -0.2) is 46.0 Å². The van der Waals surface area contributed by atoms with Gasteiger partial charge in [0, 0.05) is 24.5 Å². The molecule has 1 saturated heterocycles. The smallest absolute Gasteiger partial charge is 0.338 e. The Bertz CT molecular complexity index is 1380. The summed E-state index contributed by atoms with van der Waals surface area (Å²) in [4.78, 5) is 44.1. The van der Waals surface area contributed by atoms with E-state index in [4.69, 9.17) is 14.2 Å². The van der Waals surface area contributed by atoms with Crippen LogP contribution < -0.4 is 9.47 Å². The first-order chi connectivity index (χ1) is 18.0. The van der Waals surface area contributed by atoms with Gasteiger partial charge < -0.3 is 24.2 Å². The fourth-order valence-corrected chi connectivity index (χ4v) is 4.35. The van der Waals surface area contributed by atoms with Gasteiger partial charge in [0.15, 0.2) is 11.5 Å². The molecule has 1 amide bonds. The van der Waals surface area contributed by atoms with Gasteiger partial charge in [-0.25, -0.2) is 4.79 Å². The number of amides is 1. The van der Waals surface area contributed by atoms with Gasteiger partial charge >= 0.3 is 5.97 Å². The van der Waals surface area contributed by atoms with Crippen molar-refractivity contribution in [2.75, 3.05) is 13.4 Å². The van der Waals surface area contributed by atoms with E-state index in [1.807, 2.05) is 6.92 Å². The van der Waals surface area contributed by atoms with E-state index in [1.54, 1.807) is 67.0 Å². The van der Waals surface area contributed by atoms with Gasteiger partial charge in [-0.05, 0) is 53.9 Å². The van der Waals surface area contributed by atoms with Gasteiger partial charge in [0.25, 0.3) is 11.7 Å². The zero-order valence-corrected chi connectivity index (χ0v) is 20.0. The molecule has 2 aliphatic heterocycles. The number of aliphatic hydroxyl groups is 1. The highest BCUT2D eigenvalue weighted by atomic mass is 16.7. The number of likely N-dealkylation sites (tertiary alicyclic amines) is 1. The number of esters is 1. The molecular weight excluding hydrogens is 476 g/mol. The number of pyridine rings is 1. The van der Waals surface area contributed by atoms with Crippen LogP contribution in [0.5, 0.6) is 11.5 Å². The number of aromatic nitrogens is 1. The van der Waals surface area contributed by atoms with Gasteiger partial charge in [0.1, 0.15) is 5.76 Å². The number of hydrogen-bond donors (Lipinski definition) is 1. The number of ether oxygens (including phenoxy) is 3. The van der Waals surface area contributed by atoms with Gasteiger partial charge in [-0.2, -0.15) is 0 Å². The lowest BCUT2D eigenvalue weighted by Crippen LogP contribution is -2.29. The molecule has 0 radical (unpaired) electrons. The molecule has 9 nitrogen and oxygen atoms in total. The van der Waals surface area contributed by atoms with Crippen molar-refractivity contribution < 1.29 is 33.7 Å². The van der Waals surface area contributed by atoms with Crippen molar-refractivity contribution in [1.82, 2.24) is 9.88 Å². The van der Waals surface area contributed by atoms with Crippen LogP contribution in [0.3, 0.4) is 0 Å². The molecule has 1 unspecified atom stereocenters. The topological polar surface area (TPSA) is 115 Å². The lowest BCUT2D eigenvalue weighted by Gasteiger charge is -2.25. The fraction of sp³-hybridized carbons (Fsp3) is 0.214. The number of ketones is 1. The zero-order valence-electron chi connectivity index (χ0n) is 20.0. The number of carbonyl (C=O) groups excluding carboxylic acids is 3. The summed E-state index contributed by atoms with van der Waals surface area (Å²) in [5, 5.41) is 11.2. The van der Waals surface area contributed by atoms with Crippen LogP contribution in [0, 0.1) is 0 Å². The van der Waals surface area contributed by atoms with E-state index >= 15 is 0 Å². The predicted molar refractivity (Wildman–Crippen MR) is 132 cm³/mol. The number of hydrogen-bond acceptors (Lipinski definition) is 8. The van der Waals surface area contributed by atoms with Crippen LogP contribution in [0.1, 0.15) is 46.4 Å². The summed E-state index contributed by atoms with van der Waals surface area (Å²) < 4.78 is 15.9. The number of Topliss-reactive ketones (excluding diaryl/α,β-unsaturated/α-hetero) is 1. The maximum Gasteiger partial charge on any atom is 0.338 e. The van der Waals surface area contributed by atoms with E-state index < -0.39 is 23.7 Å². The fourth-order valence-electron chi connectivity index (χ4n) is 4.35. The number of aliphatic hydroxyl groups excluding tert-OH is 1. The minimum atomic E-state index is -0.867. The highest BCUT2D eigenvalue weighted by Crippen LogP contribution is 2.41. The minimum Gasteiger partial charge on any atom is -0.507 e. The first-order valence-corrected chi connectivity index (χ1v) is 11.8. The minimum absolute atomic E-state index is 0.0448. The van der Waals surface area contributed by atoms with Gasteiger partial charge in [0.05, 0.1) is 23.8 Å². The van der Waals surface area contributed by atoms with E-state index in [9.17, 15) is 19.5 Å². The van der Waals surface area contributed by atoms with Crippen molar-refractivity contribution >= 4 is 23.4 Å². The Labute approximate surface area is 212 Å². The molecule has 2 aliphatic rings. The molecule has 1 N–H and O–H groups in total. The first-order valence-electron chi connectivity index (χ1n) is 11.8. The number of benzene rings is 2. The SMILES string of the molecule is CCCOC(=O)c1ccc(CN2C(=O)C(=O)/C(=C(\O)c3ccc4c(c3)OCO4)C2c2cccnc2)cc1. The highest BCUT2D eigenvalue weighted by molar-refractivity contribution is 6.46. The quantitative estimate of drug-likeness (QED) is 0.224. The Kier molecular flexibility index (Phi) is 6.59. The Balaban J connectivity index is 1.50. The highest BCUT2D eigenvalue weighted by Gasteiger charge is 2.46. The van der Waals surface area contributed by atoms with Crippen molar-refractivity contribution in [3.8, 4) is 11.5 Å². The molecule has 1 aromatic heterocycles. The summed E-state index contributed by atoms with van der Waals surface area (Å²) in [5.74, 6) is -1.32. The summed E-state index contributed by atoms with van der Waals surface area (Å²) in [6.07, 6.45) is 3.87. The van der Waals surface area contributed by atoms with Crippen molar-refractivity contribution in [3.05, 3.63) is 94.8 Å². The van der Waals surface area contributed by atoms with Crippen LogP contribution in [0.25, 0.3) is 5.76 Å². The third-order valence-electron chi connectivity index (χ3n) is 6.17. The van der Waals surface area contributed by atoms with Crippen LogP contribution >= 0.6 is 0 Å². The molecule has 1 atom stereocenters. The van der Waals surface area contributed by atoms with Crippen molar-refractivity contribution in [1.29, 1.82) is 0 Å². The van der Waals surface area contributed by atoms with Gasteiger partial charge in [0.2, 0.25) is 6.79 Å². The van der Waals surface area contributed by atoms with Gasteiger partial charge in [-0.1, -0.05) is 25.1 Å². The molecule has 37 heavy (non-hydrogen) atoms. The van der Waals surface area contributed by atoms with E-state index in [2.05, 4.69) is 4.98 Å². The maximum absolute atomic E-state index is 13.2. The van der Waals surface area contributed by atoms with Gasteiger partial charge in [-0.15, -0.1) is 0 Å². The Morgan fingerprint density at radius 2 is 1.84 bits per heavy atom. The molecule has 3 heterocycles. The summed E-state index contributed by atoms with van der Waals surface area (Å²) in [6.45, 7) is 2.39. The third-order valence-corrected chi connectivity index (χ3v) is 6.17. The average molecular weight is 501 g/mol. The van der Waals surface area contributed by atoms with Crippen molar-refractivity contribution in [2.24, 2.45) is 0 Å². The normalized spacial score (nSPS) is 17.8. The maximum atomic E-state index is 13.2. The van der Waals surface area contributed by atoms with E-state index in [0.717, 1.165) is 6.42 Å². The lowest BCUT2D eigenvalue weighted by atomic mass is 9.96. The van der Waals surface area contributed by atoms with Crippen LogP contribution in [0.2, 0.25) is 0 Å². The molecule has 2 aromatic carbocycles. The Morgan fingerprint density at radius 1 is 1.08 bits per heavy atom. The monoisotopic (exact) mass is 500 g/mol. The van der Waals surface area contributed by atoms with Crippen LogP contribution in [0.15, 0.2) is 72.6 Å². The van der Waals surface area contributed by atoms with Crippen LogP contribution in [-0.2, 0) is 20.9 Å². The lowest BCUT2D eigenvalue weighted by molar-refractivity contribution is -0.140. The summed E-state index contributed by atoms with van der Waals surface area (Å²) in [6, 6.07) is 14.1. The van der Waals surface area contributed by atoms with E-state index in [0.29, 0.717) is 40.4 Å². The molecule has 1 fully saturated rings. The zero-order chi connectivity index (χ0) is 25.9.